The smallest absolute Gasteiger partial charge is 0.308 e. The second-order valence-corrected chi connectivity index (χ2v) is 2.11. The lowest BCUT2D eigenvalue weighted by Crippen LogP contribution is -2.17. The molecule has 0 atom stereocenters. The largest absolute Gasteiger partial charge is 0.464 e. The Kier molecular flexibility index (Phi) is 8.48. The number of ether oxygens (including phenoxy) is 1. The van der Waals surface area contributed by atoms with Crippen molar-refractivity contribution in [1.82, 2.24) is 0 Å². The van der Waals surface area contributed by atoms with Crippen molar-refractivity contribution in [3.63, 3.8) is 0 Å². The Morgan fingerprint density at radius 1 is 1.60 bits per heavy atom. The van der Waals surface area contributed by atoms with E-state index in [1.54, 1.807) is 13.8 Å². The Bertz CT molecular complexity index is 95.7. The summed E-state index contributed by atoms with van der Waals surface area (Å²) < 4.78 is 4.69. The summed E-state index contributed by atoms with van der Waals surface area (Å²) in [5.41, 5.74) is 5.10. The maximum atomic E-state index is 10.6. The molecule has 0 saturated heterocycles. The fraction of sp³-hybridized carbons (Fsp3) is 0.833. The van der Waals surface area contributed by atoms with Crippen LogP contribution in [0.15, 0.2) is 0 Å². The Labute approximate surface area is 67.3 Å². The van der Waals surface area contributed by atoms with Crippen LogP contribution in [0.4, 0.5) is 0 Å². The second-order valence-electron chi connectivity index (χ2n) is 2.11. The Morgan fingerprint density at radius 2 is 2.10 bits per heavy atom. The third-order valence-corrected chi connectivity index (χ3v) is 0.834. The van der Waals surface area contributed by atoms with Crippen LogP contribution in [0.1, 0.15) is 13.8 Å². The molecule has 0 amide bonds. The lowest BCUT2D eigenvalue weighted by molar-refractivity contribution is -0.146. The van der Waals surface area contributed by atoms with Crippen LogP contribution >= 0.6 is 12.4 Å². The number of carbonyl (C=O) groups excluding carboxylic acids is 1. The van der Waals surface area contributed by atoms with Crippen LogP contribution in [0.2, 0.25) is 0 Å². The minimum Gasteiger partial charge on any atom is -0.464 e. The van der Waals surface area contributed by atoms with E-state index in [-0.39, 0.29) is 24.3 Å². The molecule has 0 aromatic heterocycles. The number of esters is 1. The van der Waals surface area contributed by atoms with Gasteiger partial charge in [-0.25, -0.2) is 0 Å². The van der Waals surface area contributed by atoms with E-state index >= 15 is 0 Å². The van der Waals surface area contributed by atoms with Crippen LogP contribution in [0.5, 0.6) is 0 Å². The van der Waals surface area contributed by atoms with Crippen LogP contribution in [0.25, 0.3) is 0 Å². The molecule has 0 saturated carbocycles. The first-order valence-electron chi connectivity index (χ1n) is 3.05. The standard InChI is InChI=1S/C6H13NO2.ClH/c1-5(2)6(8)9-4-3-7;/h5H,3-4,7H2,1-2H3;1H. The van der Waals surface area contributed by atoms with Crippen LogP contribution < -0.4 is 5.73 Å². The fourth-order valence-electron chi connectivity index (χ4n) is 0.326. The van der Waals surface area contributed by atoms with Crippen molar-refractivity contribution in [2.45, 2.75) is 13.8 Å². The van der Waals surface area contributed by atoms with Gasteiger partial charge in [0, 0.05) is 6.54 Å². The van der Waals surface area contributed by atoms with Crippen molar-refractivity contribution in [2.75, 3.05) is 13.2 Å². The monoisotopic (exact) mass is 167 g/mol. The van der Waals surface area contributed by atoms with E-state index in [0.717, 1.165) is 0 Å². The number of halogens is 1. The summed E-state index contributed by atoms with van der Waals surface area (Å²) in [6.07, 6.45) is 0. The number of rotatable bonds is 3. The third kappa shape index (κ3) is 5.85. The van der Waals surface area contributed by atoms with Crippen molar-refractivity contribution < 1.29 is 9.53 Å². The molecule has 0 rings (SSSR count). The van der Waals surface area contributed by atoms with Gasteiger partial charge in [-0.05, 0) is 0 Å². The molecule has 0 heterocycles. The predicted octanol–water partition coefficient (Wildman–Crippen LogP) is 0.566. The van der Waals surface area contributed by atoms with Gasteiger partial charge >= 0.3 is 5.97 Å². The van der Waals surface area contributed by atoms with Crippen molar-refractivity contribution in [3.8, 4) is 0 Å². The van der Waals surface area contributed by atoms with Crippen LogP contribution in [-0.4, -0.2) is 19.1 Å². The zero-order valence-corrected chi connectivity index (χ0v) is 7.11. The van der Waals surface area contributed by atoms with Gasteiger partial charge in [-0.1, -0.05) is 13.8 Å². The van der Waals surface area contributed by atoms with Gasteiger partial charge in [-0.2, -0.15) is 0 Å². The molecule has 4 heteroatoms. The van der Waals surface area contributed by atoms with E-state index in [0.29, 0.717) is 13.2 Å². The molecule has 0 aliphatic rings. The molecule has 10 heavy (non-hydrogen) atoms. The average molecular weight is 168 g/mol. The zero-order valence-electron chi connectivity index (χ0n) is 6.29. The van der Waals surface area contributed by atoms with E-state index in [1.165, 1.54) is 0 Å². The summed E-state index contributed by atoms with van der Waals surface area (Å²) in [5.74, 6) is -0.225. The SMILES string of the molecule is CC(C)C(=O)OCCN.Cl. The molecule has 0 aromatic carbocycles. The van der Waals surface area contributed by atoms with Gasteiger partial charge in [-0.15, -0.1) is 12.4 Å². The molecule has 0 fully saturated rings. The quantitative estimate of drug-likeness (QED) is 0.626. The van der Waals surface area contributed by atoms with Crippen LogP contribution in [0.3, 0.4) is 0 Å². The highest BCUT2D eigenvalue weighted by molar-refractivity contribution is 5.85. The third-order valence-electron chi connectivity index (χ3n) is 0.834. The molecule has 0 aliphatic carbocycles. The Balaban J connectivity index is 0. The van der Waals surface area contributed by atoms with Crippen molar-refractivity contribution in [1.29, 1.82) is 0 Å². The topological polar surface area (TPSA) is 52.3 Å². The average Bonchev–Trinajstić information content (AvgIpc) is 1.82. The fourth-order valence-corrected chi connectivity index (χ4v) is 0.326. The summed E-state index contributed by atoms with van der Waals surface area (Å²) in [7, 11) is 0. The number of hydrogen-bond acceptors (Lipinski definition) is 3. The molecular weight excluding hydrogens is 154 g/mol. The molecule has 3 nitrogen and oxygen atoms in total. The highest BCUT2D eigenvalue weighted by Gasteiger charge is 2.05. The number of nitrogens with two attached hydrogens (primary N) is 1. The first-order chi connectivity index (χ1) is 4.18. The molecule has 0 bridgehead atoms. The lowest BCUT2D eigenvalue weighted by Gasteiger charge is -2.03. The van der Waals surface area contributed by atoms with Crippen LogP contribution in [0, 0.1) is 5.92 Å². The van der Waals surface area contributed by atoms with E-state index in [1.807, 2.05) is 0 Å². The predicted molar refractivity (Wildman–Crippen MR) is 42.1 cm³/mol. The van der Waals surface area contributed by atoms with Gasteiger partial charge in [0.15, 0.2) is 0 Å². The molecule has 0 unspecified atom stereocenters. The summed E-state index contributed by atoms with van der Waals surface area (Å²) in [6.45, 7) is 4.31. The normalized spacial score (nSPS) is 8.80. The Hall–Kier alpha value is -0.280. The molecule has 0 aliphatic heterocycles. The zero-order chi connectivity index (χ0) is 7.28. The van der Waals surface area contributed by atoms with Gasteiger partial charge < -0.3 is 10.5 Å². The molecule has 2 N–H and O–H groups in total. The number of carbonyl (C=O) groups is 1. The molecule has 0 spiro atoms. The van der Waals surface area contributed by atoms with Gasteiger partial charge in [0.1, 0.15) is 6.61 Å². The summed E-state index contributed by atoms with van der Waals surface area (Å²) >= 11 is 0. The summed E-state index contributed by atoms with van der Waals surface area (Å²) in [6, 6.07) is 0. The summed E-state index contributed by atoms with van der Waals surface area (Å²) in [5, 5.41) is 0. The molecule has 62 valence electrons. The second kappa shape index (κ2) is 6.83. The minimum atomic E-state index is -0.180. The van der Waals surface area contributed by atoms with E-state index in [9.17, 15) is 4.79 Å². The molecule has 0 aromatic rings. The van der Waals surface area contributed by atoms with E-state index in [4.69, 9.17) is 5.73 Å². The maximum Gasteiger partial charge on any atom is 0.308 e. The lowest BCUT2D eigenvalue weighted by atomic mass is 10.2. The van der Waals surface area contributed by atoms with Crippen LogP contribution in [-0.2, 0) is 9.53 Å². The first kappa shape index (κ1) is 12.4. The maximum absolute atomic E-state index is 10.6. The highest BCUT2D eigenvalue weighted by Crippen LogP contribution is 1.93. The van der Waals surface area contributed by atoms with Gasteiger partial charge in [0.25, 0.3) is 0 Å². The molecule has 0 radical (unpaired) electrons. The van der Waals surface area contributed by atoms with E-state index in [2.05, 4.69) is 4.74 Å². The van der Waals surface area contributed by atoms with Gasteiger partial charge in [0.05, 0.1) is 5.92 Å². The Morgan fingerprint density at radius 3 is 2.40 bits per heavy atom. The van der Waals surface area contributed by atoms with Gasteiger partial charge in [0.2, 0.25) is 0 Å². The van der Waals surface area contributed by atoms with Crippen molar-refractivity contribution >= 4 is 18.4 Å². The molecular formula is C6H14ClNO2. The first-order valence-corrected chi connectivity index (χ1v) is 3.05. The van der Waals surface area contributed by atoms with Crippen molar-refractivity contribution in [3.05, 3.63) is 0 Å². The van der Waals surface area contributed by atoms with Crippen molar-refractivity contribution in [2.24, 2.45) is 11.7 Å². The van der Waals surface area contributed by atoms with E-state index < -0.39 is 0 Å². The minimum absolute atomic E-state index is 0. The van der Waals surface area contributed by atoms with Gasteiger partial charge in [-0.3, -0.25) is 4.79 Å². The summed E-state index contributed by atoms with van der Waals surface area (Å²) in [4.78, 5) is 10.6. The number of hydrogen-bond donors (Lipinski definition) is 1. The highest BCUT2D eigenvalue weighted by atomic mass is 35.5.